The van der Waals surface area contributed by atoms with Gasteiger partial charge in [-0.05, 0) is 41.7 Å². The van der Waals surface area contributed by atoms with Gasteiger partial charge in [-0.2, -0.15) is 4.37 Å². The lowest BCUT2D eigenvalue weighted by Crippen LogP contribution is -2.15. The second-order valence-corrected chi connectivity index (χ2v) is 7.59. The van der Waals surface area contributed by atoms with Gasteiger partial charge in [-0.15, -0.1) is 0 Å². The molecule has 0 aliphatic heterocycles. The lowest BCUT2D eigenvalue weighted by atomic mass is 10.0. The van der Waals surface area contributed by atoms with Crippen LogP contribution in [0, 0.1) is 0 Å². The average molecular weight is 442 g/mol. The van der Waals surface area contributed by atoms with Crippen molar-refractivity contribution in [3.63, 3.8) is 0 Å². The molecule has 0 saturated carbocycles. The third-order valence-electron chi connectivity index (χ3n) is 4.54. The van der Waals surface area contributed by atoms with E-state index in [0.29, 0.717) is 22.8 Å². The molecule has 0 aliphatic carbocycles. The number of carbonyl (C=O) groups is 2. The first kappa shape index (κ1) is 22.2. The highest BCUT2D eigenvalue weighted by Crippen LogP contribution is 2.28. The number of nitrogens with zero attached hydrogens (tertiary/aromatic N) is 2. The molecule has 0 radical (unpaired) electrons. The third-order valence-corrected chi connectivity index (χ3v) is 5.36. The summed E-state index contributed by atoms with van der Waals surface area (Å²) in [6.45, 7) is 0.197. The number of Topliss-reactive ketones (excluding diaryl/α,β-unsaturated/α-hetero) is 1. The largest absolute Gasteiger partial charge is 0.497 e. The summed E-state index contributed by atoms with van der Waals surface area (Å²) >= 11 is 1.05. The van der Waals surface area contributed by atoms with Crippen LogP contribution in [-0.4, -0.2) is 35.3 Å². The molecule has 8 nitrogen and oxygen atoms in total. The van der Waals surface area contributed by atoms with E-state index in [1.165, 1.54) is 0 Å². The Morgan fingerprint density at radius 1 is 1.10 bits per heavy atom. The van der Waals surface area contributed by atoms with Gasteiger partial charge >= 0.3 is 0 Å². The van der Waals surface area contributed by atoms with Gasteiger partial charge in [-0.3, -0.25) is 14.6 Å². The van der Waals surface area contributed by atoms with E-state index in [4.69, 9.17) is 19.9 Å². The van der Waals surface area contributed by atoms with E-state index in [1.54, 1.807) is 38.7 Å². The maximum atomic E-state index is 12.6. The molecule has 162 valence electrons. The quantitative estimate of drug-likeness (QED) is 0.486. The number of benzene rings is 1. The number of pyridine rings is 1. The molecule has 0 fully saturated rings. The monoisotopic (exact) mass is 441 g/mol. The number of aromatic nitrogens is 2. The molecule has 9 heteroatoms. The third kappa shape index (κ3) is 6.02. The Balaban J connectivity index is 1.64. The summed E-state index contributed by atoms with van der Waals surface area (Å²) < 4.78 is 20.3. The summed E-state index contributed by atoms with van der Waals surface area (Å²) in [5, 5.41) is 0. The normalized spacial score (nSPS) is 10.5. The number of hydrogen-bond acceptors (Lipinski definition) is 8. The van der Waals surface area contributed by atoms with Crippen molar-refractivity contribution in [2.75, 3.05) is 14.2 Å². The van der Waals surface area contributed by atoms with E-state index in [1.807, 2.05) is 18.2 Å². The van der Waals surface area contributed by atoms with Gasteiger partial charge in [0.2, 0.25) is 5.88 Å². The number of hydrogen-bond donors (Lipinski definition) is 1. The van der Waals surface area contributed by atoms with Crippen molar-refractivity contribution in [3.8, 4) is 17.4 Å². The molecule has 0 bridgehead atoms. The zero-order chi connectivity index (χ0) is 22.2. The standard InChI is InChI=1S/C22H23N3O5S/c1-28-17-8-14(9-18(11-17)29-2)5-6-16(26)10-19-20(21(23)27)22(25-31-19)30-13-15-4-3-7-24-12-15/h3-4,7-9,11-12H,5-6,10,13H2,1-2H3,(H2,23,27). The first-order valence-corrected chi connectivity index (χ1v) is 10.3. The van der Waals surface area contributed by atoms with Crippen LogP contribution < -0.4 is 19.9 Å². The van der Waals surface area contributed by atoms with E-state index in [0.717, 1.165) is 22.7 Å². The molecule has 1 aromatic carbocycles. The Labute approximate surface area is 184 Å². The fourth-order valence-electron chi connectivity index (χ4n) is 2.97. The number of primary amides is 1. The van der Waals surface area contributed by atoms with E-state index in [-0.39, 0.29) is 36.7 Å². The summed E-state index contributed by atoms with van der Waals surface area (Å²) in [5.74, 6) is 0.759. The molecule has 0 atom stereocenters. The van der Waals surface area contributed by atoms with Crippen LogP contribution in [0.3, 0.4) is 0 Å². The summed E-state index contributed by atoms with van der Waals surface area (Å²) in [6.07, 6.45) is 4.19. The van der Waals surface area contributed by atoms with E-state index in [2.05, 4.69) is 9.36 Å². The molecule has 3 aromatic rings. The summed E-state index contributed by atoms with van der Waals surface area (Å²) in [6, 6.07) is 9.14. The molecule has 2 heterocycles. The van der Waals surface area contributed by atoms with Crippen LogP contribution in [0.15, 0.2) is 42.7 Å². The lowest BCUT2D eigenvalue weighted by molar-refractivity contribution is -0.118. The summed E-state index contributed by atoms with van der Waals surface area (Å²) in [7, 11) is 3.15. The highest BCUT2D eigenvalue weighted by Gasteiger charge is 2.22. The van der Waals surface area contributed by atoms with Crippen molar-refractivity contribution >= 4 is 23.2 Å². The van der Waals surface area contributed by atoms with E-state index in [9.17, 15) is 9.59 Å². The van der Waals surface area contributed by atoms with Crippen molar-refractivity contribution in [1.82, 2.24) is 9.36 Å². The zero-order valence-electron chi connectivity index (χ0n) is 17.3. The Morgan fingerprint density at radius 3 is 2.45 bits per heavy atom. The number of aryl methyl sites for hydroxylation is 1. The molecular weight excluding hydrogens is 418 g/mol. The molecule has 0 aliphatic rings. The number of methoxy groups -OCH3 is 2. The molecule has 31 heavy (non-hydrogen) atoms. The van der Waals surface area contributed by atoms with Gasteiger partial charge in [0.05, 0.1) is 14.2 Å². The second kappa shape index (κ2) is 10.5. The number of amides is 1. The molecule has 0 spiro atoms. The smallest absolute Gasteiger partial charge is 0.255 e. The van der Waals surface area contributed by atoms with Crippen molar-refractivity contribution in [2.45, 2.75) is 25.9 Å². The zero-order valence-corrected chi connectivity index (χ0v) is 18.1. The van der Waals surface area contributed by atoms with Crippen molar-refractivity contribution < 1.29 is 23.8 Å². The molecule has 2 N–H and O–H groups in total. The number of carbonyl (C=O) groups excluding carboxylic acids is 2. The van der Waals surface area contributed by atoms with Crippen LogP contribution in [0.2, 0.25) is 0 Å². The highest BCUT2D eigenvalue weighted by atomic mass is 32.1. The Hall–Kier alpha value is -3.46. The van der Waals surface area contributed by atoms with Gasteiger partial charge in [-0.25, -0.2) is 0 Å². The van der Waals surface area contributed by atoms with Gasteiger partial charge < -0.3 is 19.9 Å². The molecule has 2 aromatic heterocycles. The van der Waals surface area contributed by atoms with Crippen molar-refractivity contribution in [1.29, 1.82) is 0 Å². The first-order chi connectivity index (χ1) is 15.0. The van der Waals surface area contributed by atoms with Gasteiger partial charge in [0, 0.05) is 41.7 Å². The highest BCUT2D eigenvalue weighted by molar-refractivity contribution is 7.06. The number of ether oxygens (including phenoxy) is 3. The summed E-state index contributed by atoms with van der Waals surface area (Å²) in [4.78, 5) is 29.1. The molecule has 0 saturated heterocycles. The predicted octanol–water partition coefficient (Wildman–Crippen LogP) is 2.98. The van der Waals surface area contributed by atoms with Gasteiger partial charge in [0.15, 0.2) is 0 Å². The van der Waals surface area contributed by atoms with Crippen LogP contribution in [0.4, 0.5) is 0 Å². The molecular formula is C22H23N3O5S. The van der Waals surface area contributed by atoms with Crippen LogP contribution in [0.5, 0.6) is 17.4 Å². The number of ketones is 1. The maximum absolute atomic E-state index is 12.6. The fraction of sp³-hybridized carbons (Fsp3) is 0.273. The maximum Gasteiger partial charge on any atom is 0.255 e. The Morgan fingerprint density at radius 2 is 1.84 bits per heavy atom. The van der Waals surface area contributed by atoms with Gasteiger partial charge in [0.1, 0.15) is 29.5 Å². The van der Waals surface area contributed by atoms with E-state index >= 15 is 0 Å². The molecule has 1 amide bonds. The minimum atomic E-state index is -0.671. The molecule has 3 rings (SSSR count). The average Bonchev–Trinajstić information content (AvgIpc) is 3.19. The van der Waals surface area contributed by atoms with Crippen LogP contribution in [-0.2, 0) is 24.2 Å². The van der Waals surface area contributed by atoms with Gasteiger partial charge in [-0.1, -0.05) is 6.07 Å². The minimum Gasteiger partial charge on any atom is -0.497 e. The number of rotatable bonds is 11. The Kier molecular flexibility index (Phi) is 7.55. The summed E-state index contributed by atoms with van der Waals surface area (Å²) in [5.41, 5.74) is 7.44. The fourth-order valence-corrected chi connectivity index (χ4v) is 3.81. The number of nitrogens with two attached hydrogens (primary N) is 1. The van der Waals surface area contributed by atoms with Crippen molar-refractivity contribution in [2.24, 2.45) is 5.73 Å². The minimum absolute atomic E-state index is 0.0354. The predicted molar refractivity (Wildman–Crippen MR) is 116 cm³/mol. The topological polar surface area (TPSA) is 114 Å². The van der Waals surface area contributed by atoms with Crippen LogP contribution in [0.1, 0.15) is 32.8 Å². The lowest BCUT2D eigenvalue weighted by Gasteiger charge is -2.08. The van der Waals surface area contributed by atoms with Crippen LogP contribution >= 0.6 is 11.5 Å². The Bertz CT molecular complexity index is 1030. The first-order valence-electron chi connectivity index (χ1n) is 9.54. The van der Waals surface area contributed by atoms with Crippen molar-refractivity contribution in [3.05, 3.63) is 64.3 Å². The van der Waals surface area contributed by atoms with Crippen LogP contribution in [0.25, 0.3) is 0 Å². The van der Waals surface area contributed by atoms with Gasteiger partial charge in [0.25, 0.3) is 5.91 Å². The molecule has 0 unspecified atom stereocenters. The van der Waals surface area contributed by atoms with E-state index < -0.39 is 5.91 Å². The second-order valence-electron chi connectivity index (χ2n) is 6.74. The SMILES string of the molecule is COc1cc(CCC(=O)Cc2snc(OCc3cccnc3)c2C(N)=O)cc(OC)c1.